The van der Waals surface area contributed by atoms with Crippen LogP contribution in [0.4, 0.5) is 21.5 Å². The Morgan fingerprint density at radius 1 is 1.00 bits per heavy atom. The van der Waals surface area contributed by atoms with Gasteiger partial charge in [-0.2, -0.15) is 0 Å². The quantitative estimate of drug-likeness (QED) is 0.433. The zero-order valence-electron chi connectivity index (χ0n) is 21.8. The molecule has 2 fully saturated rings. The maximum Gasteiger partial charge on any atom is 0.258 e. The summed E-state index contributed by atoms with van der Waals surface area (Å²) in [6, 6.07) is 20.0. The van der Waals surface area contributed by atoms with E-state index in [-0.39, 0.29) is 23.7 Å². The van der Waals surface area contributed by atoms with Gasteiger partial charge < -0.3 is 19.9 Å². The van der Waals surface area contributed by atoms with Gasteiger partial charge in [0, 0.05) is 55.0 Å². The van der Waals surface area contributed by atoms with Crippen molar-refractivity contribution in [3.8, 4) is 0 Å². The molecule has 3 aromatic rings. The molecule has 6 rings (SSSR count). The number of ether oxygens (including phenoxy) is 1. The molecule has 202 valence electrons. The highest BCUT2D eigenvalue weighted by molar-refractivity contribution is 6.33. The molecule has 3 aromatic carbocycles. The van der Waals surface area contributed by atoms with Crippen LogP contribution >= 0.6 is 11.6 Å². The van der Waals surface area contributed by atoms with Gasteiger partial charge >= 0.3 is 0 Å². The van der Waals surface area contributed by atoms with E-state index < -0.39 is 5.67 Å². The summed E-state index contributed by atoms with van der Waals surface area (Å²) in [5.74, 6) is -0.709. The molecule has 0 radical (unpaired) electrons. The van der Waals surface area contributed by atoms with Crippen LogP contribution in [0.2, 0.25) is 5.02 Å². The second kappa shape index (κ2) is 10.3. The van der Waals surface area contributed by atoms with Crippen molar-refractivity contribution in [1.29, 1.82) is 0 Å². The average molecular weight is 548 g/mol. The van der Waals surface area contributed by atoms with Gasteiger partial charge in [-0.25, -0.2) is 4.39 Å². The molecular formula is C31H31ClFN3O3. The van der Waals surface area contributed by atoms with Gasteiger partial charge in [0.1, 0.15) is 0 Å². The highest BCUT2D eigenvalue weighted by Gasteiger charge is 2.49. The van der Waals surface area contributed by atoms with Crippen LogP contribution in [0.1, 0.15) is 40.7 Å². The minimum Gasteiger partial charge on any atom is -0.381 e. The van der Waals surface area contributed by atoms with E-state index in [0.717, 1.165) is 12.1 Å². The second-order valence-electron chi connectivity index (χ2n) is 10.6. The van der Waals surface area contributed by atoms with Crippen molar-refractivity contribution in [2.45, 2.75) is 24.9 Å². The molecule has 3 heterocycles. The number of halogens is 2. The highest BCUT2D eigenvalue weighted by atomic mass is 35.5. The summed E-state index contributed by atoms with van der Waals surface area (Å²) in [6.45, 7) is 2.30. The van der Waals surface area contributed by atoms with Crippen LogP contribution in [0.3, 0.4) is 0 Å². The van der Waals surface area contributed by atoms with E-state index in [9.17, 15) is 9.59 Å². The lowest BCUT2D eigenvalue weighted by molar-refractivity contribution is -0.119. The number of hydrogen-bond acceptors (Lipinski definition) is 4. The molecule has 2 amide bonds. The number of benzene rings is 3. The van der Waals surface area contributed by atoms with E-state index >= 15 is 4.39 Å². The molecule has 2 unspecified atom stereocenters. The first-order valence-corrected chi connectivity index (χ1v) is 13.8. The number of rotatable bonds is 4. The molecule has 1 N–H and O–H groups in total. The van der Waals surface area contributed by atoms with Crippen LogP contribution in [-0.2, 0) is 15.2 Å². The lowest BCUT2D eigenvalue weighted by atomic mass is 9.72. The Labute approximate surface area is 232 Å². The van der Waals surface area contributed by atoms with Crippen LogP contribution < -0.4 is 15.1 Å². The predicted molar refractivity (Wildman–Crippen MR) is 151 cm³/mol. The average Bonchev–Trinajstić information content (AvgIpc) is 3.50. The van der Waals surface area contributed by atoms with E-state index in [1.807, 2.05) is 42.5 Å². The van der Waals surface area contributed by atoms with Crippen molar-refractivity contribution in [1.82, 2.24) is 0 Å². The van der Waals surface area contributed by atoms with Crippen LogP contribution in [-0.4, -0.2) is 45.2 Å². The number of fused-ring (bicyclic) bond motifs is 2. The fourth-order valence-corrected chi connectivity index (χ4v) is 6.58. The number of amides is 2. The van der Waals surface area contributed by atoms with Crippen LogP contribution in [0, 0.1) is 11.8 Å². The van der Waals surface area contributed by atoms with Crippen LogP contribution in [0.25, 0.3) is 0 Å². The largest absolute Gasteiger partial charge is 0.381 e. The molecule has 3 aliphatic heterocycles. The Morgan fingerprint density at radius 2 is 1.72 bits per heavy atom. The van der Waals surface area contributed by atoms with Crippen LogP contribution in [0.15, 0.2) is 66.7 Å². The Balaban J connectivity index is 1.24. The van der Waals surface area contributed by atoms with Gasteiger partial charge in [-0.05, 0) is 49.6 Å². The van der Waals surface area contributed by atoms with Crippen molar-refractivity contribution in [3.63, 3.8) is 0 Å². The van der Waals surface area contributed by atoms with Crippen molar-refractivity contribution < 1.29 is 18.7 Å². The summed E-state index contributed by atoms with van der Waals surface area (Å²) in [5.41, 5.74) is 1.70. The number of para-hydroxylation sites is 1. The van der Waals surface area contributed by atoms with Gasteiger partial charge in [0.2, 0.25) is 5.91 Å². The summed E-state index contributed by atoms with van der Waals surface area (Å²) in [4.78, 5) is 29.5. The van der Waals surface area contributed by atoms with Gasteiger partial charge in [0.25, 0.3) is 5.91 Å². The van der Waals surface area contributed by atoms with Gasteiger partial charge in [0.15, 0.2) is 5.67 Å². The van der Waals surface area contributed by atoms with Gasteiger partial charge in [-0.1, -0.05) is 48.0 Å². The third-order valence-corrected chi connectivity index (χ3v) is 8.73. The Morgan fingerprint density at radius 3 is 2.44 bits per heavy atom. The summed E-state index contributed by atoms with van der Waals surface area (Å²) < 4.78 is 23.0. The monoisotopic (exact) mass is 547 g/mol. The first kappa shape index (κ1) is 25.8. The van der Waals surface area contributed by atoms with E-state index in [2.05, 4.69) is 10.2 Å². The van der Waals surface area contributed by atoms with E-state index in [1.54, 1.807) is 36.2 Å². The minimum atomic E-state index is -1.80. The molecule has 39 heavy (non-hydrogen) atoms. The fourth-order valence-electron chi connectivity index (χ4n) is 6.28. The van der Waals surface area contributed by atoms with Crippen molar-refractivity contribution in [3.05, 3.63) is 88.4 Å². The third kappa shape index (κ3) is 4.47. The molecule has 0 aromatic heterocycles. The lowest BCUT2D eigenvalue weighted by Crippen LogP contribution is -2.42. The number of alkyl halides is 1. The number of nitrogens with one attached hydrogen (secondary N) is 1. The number of hydrogen-bond donors (Lipinski definition) is 1. The first-order chi connectivity index (χ1) is 18.9. The van der Waals surface area contributed by atoms with Crippen molar-refractivity contribution >= 4 is 40.5 Å². The first-order valence-electron chi connectivity index (χ1n) is 13.5. The van der Waals surface area contributed by atoms with E-state index in [1.165, 1.54) is 0 Å². The minimum absolute atomic E-state index is 0.0570. The molecule has 0 aliphatic carbocycles. The molecule has 3 aliphatic rings. The summed E-state index contributed by atoms with van der Waals surface area (Å²) in [5, 5.41) is 3.48. The summed E-state index contributed by atoms with van der Waals surface area (Å²) >= 11 is 6.67. The summed E-state index contributed by atoms with van der Waals surface area (Å²) in [6.07, 6.45) is 1.91. The number of carbonyl (C=O) groups excluding carboxylic acids is 2. The zero-order valence-corrected chi connectivity index (χ0v) is 22.6. The third-order valence-electron chi connectivity index (χ3n) is 8.43. The smallest absolute Gasteiger partial charge is 0.258 e. The van der Waals surface area contributed by atoms with Gasteiger partial charge in [-0.3, -0.25) is 9.59 Å². The number of anilines is 3. The van der Waals surface area contributed by atoms with Gasteiger partial charge in [-0.15, -0.1) is 0 Å². The Hall–Kier alpha value is -3.42. The van der Waals surface area contributed by atoms with Crippen molar-refractivity contribution in [2.75, 3.05) is 48.5 Å². The summed E-state index contributed by atoms with van der Waals surface area (Å²) in [7, 11) is 1.71. The SMILES string of the molecule is CN1C(=O)c2ccccc2C(F)(C2CCN(c3ccc(NC(=O)C4CCOC4)cc3Cl)CC2)c2ccccc21. The van der Waals surface area contributed by atoms with Gasteiger partial charge in [0.05, 0.1) is 28.9 Å². The molecule has 0 saturated carbocycles. The number of piperidine rings is 1. The fraction of sp³-hybridized carbons (Fsp3) is 0.355. The number of carbonyl (C=O) groups is 2. The Bertz CT molecular complexity index is 1420. The van der Waals surface area contributed by atoms with E-state index in [4.69, 9.17) is 16.3 Å². The highest BCUT2D eigenvalue weighted by Crippen LogP contribution is 2.51. The normalized spacial score (nSPS) is 23.3. The van der Waals surface area contributed by atoms with Crippen LogP contribution in [0.5, 0.6) is 0 Å². The molecule has 0 bridgehead atoms. The maximum atomic E-state index is 17.7. The molecule has 8 heteroatoms. The van der Waals surface area contributed by atoms with E-state index in [0.29, 0.717) is 72.2 Å². The lowest BCUT2D eigenvalue weighted by Gasteiger charge is -2.41. The zero-order chi connectivity index (χ0) is 27.1. The second-order valence-corrected chi connectivity index (χ2v) is 11.0. The molecule has 2 saturated heterocycles. The maximum absolute atomic E-state index is 17.7. The molecular weight excluding hydrogens is 517 g/mol. The molecule has 6 nitrogen and oxygen atoms in total. The molecule has 0 spiro atoms. The van der Waals surface area contributed by atoms with Crippen molar-refractivity contribution in [2.24, 2.45) is 11.8 Å². The number of nitrogens with zero attached hydrogens (tertiary/aromatic N) is 2. The standard InChI is InChI=1S/C31H31ClFN3O3/c1-35-27-9-5-4-8-25(27)31(33,24-7-3-2-6-23(24)30(35)38)21-12-15-36(16-13-21)28-11-10-22(18-26(28)32)34-29(37)20-14-17-39-19-20/h2-11,18,20-21H,12-17,19H2,1H3,(H,34,37). The molecule has 2 atom stereocenters. The predicted octanol–water partition coefficient (Wildman–Crippen LogP) is 6.03. The Kier molecular flexibility index (Phi) is 6.81. The topological polar surface area (TPSA) is 61.9 Å².